The Kier molecular flexibility index (Phi) is 6.45. The Hall–Kier alpha value is -2.88. The SMILES string of the molecule is COCc1ccc(-c2cc(C(=O)Nc3cc(Cl)cc(NS(C)(=O)=O)c3)cn2C)nc1. The van der Waals surface area contributed by atoms with E-state index in [2.05, 4.69) is 15.0 Å². The highest BCUT2D eigenvalue weighted by Gasteiger charge is 2.14. The van der Waals surface area contributed by atoms with Gasteiger partial charge in [0.05, 0.1) is 35.5 Å². The number of hydrogen-bond donors (Lipinski definition) is 2. The highest BCUT2D eigenvalue weighted by Crippen LogP contribution is 2.25. The molecule has 0 fully saturated rings. The van der Waals surface area contributed by atoms with Gasteiger partial charge in [0.1, 0.15) is 0 Å². The van der Waals surface area contributed by atoms with Gasteiger partial charge in [0.2, 0.25) is 10.0 Å². The van der Waals surface area contributed by atoms with Crippen LogP contribution in [-0.2, 0) is 28.4 Å². The number of aryl methyl sites for hydroxylation is 1. The summed E-state index contributed by atoms with van der Waals surface area (Å²) >= 11 is 6.05. The van der Waals surface area contributed by atoms with Crippen LogP contribution in [0.15, 0.2) is 48.8 Å². The highest BCUT2D eigenvalue weighted by molar-refractivity contribution is 7.92. The molecular formula is C20H21ClN4O4S. The minimum absolute atomic E-state index is 0.259. The molecule has 1 amide bonds. The number of carbonyl (C=O) groups is 1. The lowest BCUT2D eigenvalue weighted by atomic mass is 10.2. The topological polar surface area (TPSA) is 102 Å². The molecule has 0 radical (unpaired) electrons. The Morgan fingerprint density at radius 2 is 1.93 bits per heavy atom. The third kappa shape index (κ3) is 5.59. The van der Waals surface area contributed by atoms with E-state index in [1.807, 2.05) is 23.7 Å². The lowest BCUT2D eigenvalue weighted by Crippen LogP contribution is -2.13. The smallest absolute Gasteiger partial charge is 0.257 e. The third-order valence-corrected chi connectivity index (χ3v) is 4.95. The predicted molar refractivity (Wildman–Crippen MR) is 117 cm³/mol. The summed E-state index contributed by atoms with van der Waals surface area (Å²) in [5.41, 5.74) is 3.50. The molecular weight excluding hydrogens is 428 g/mol. The lowest BCUT2D eigenvalue weighted by molar-refractivity contribution is 0.102. The summed E-state index contributed by atoms with van der Waals surface area (Å²) in [6.07, 6.45) is 4.46. The average Bonchev–Trinajstić information content (AvgIpc) is 3.02. The van der Waals surface area contributed by atoms with Crippen LogP contribution in [0.1, 0.15) is 15.9 Å². The lowest BCUT2D eigenvalue weighted by Gasteiger charge is -2.09. The van der Waals surface area contributed by atoms with Crippen molar-refractivity contribution >= 4 is 38.9 Å². The van der Waals surface area contributed by atoms with Gasteiger partial charge in [-0.1, -0.05) is 17.7 Å². The molecule has 10 heteroatoms. The molecule has 0 aliphatic carbocycles. The van der Waals surface area contributed by atoms with Crippen LogP contribution in [0.3, 0.4) is 0 Å². The van der Waals surface area contributed by atoms with Gasteiger partial charge in [-0.05, 0) is 35.9 Å². The molecule has 3 rings (SSSR count). The number of carbonyl (C=O) groups excluding carboxylic acids is 1. The monoisotopic (exact) mass is 448 g/mol. The molecule has 1 aromatic carbocycles. The van der Waals surface area contributed by atoms with E-state index in [9.17, 15) is 13.2 Å². The zero-order valence-corrected chi connectivity index (χ0v) is 18.2. The maximum Gasteiger partial charge on any atom is 0.257 e. The number of anilines is 2. The number of nitrogens with zero attached hydrogens (tertiary/aromatic N) is 2. The van der Waals surface area contributed by atoms with Crippen LogP contribution in [0.5, 0.6) is 0 Å². The second-order valence-corrected chi connectivity index (χ2v) is 8.95. The van der Waals surface area contributed by atoms with Crippen molar-refractivity contribution in [2.24, 2.45) is 7.05 Å². The van der Waals surface area contributed by atoms with Gasteiger partial charge in [-0.25, -0.2) is 8.42 Å². The van der Waals surface area contributed by atoms with Crippen molar-refractivity contribution in [3.05, 3.63) is 64.9 Å². The molecule has 0 aliphatic rings. The van der Waals surface area contributed by atoms with Crippen LogP contribution in [-0.4, -0.2) is 37.2 Å². The number of pyridine rings is 1. The molecule has 2 heterocycles. The second kappa shape index (κ2) is 8.86. The van der Waals surface area contributed by atoms with E-state index < -0.39 is 10.0 Å². The summed E-state index contributed by atoms with van der Waals surface area (Å²) in [4.78, 5) is 17.1. The van der Waals surface area contributed by atoms with Crippen LogP contribution in [0.2, 0.25) is 5.02 Å². The van der Waals surface area contributed by atoms with Crippen LogP contribution in [0.4, 0.5) is 11.4 Å². The zero-order chi connectivity index (χ0) is 21.9. The first kappa shape index (κ1) is 21.8. The number of rotatable bonds is 7. The Morgan fingerprint density at radius 1 is 1.20 bits per heavy atom. The van der Waals surface area contributed by atoms with Crippen molar-refractivity contribution in [3.63, 3.8) is 0 Å². The van der Waals surface area contributed by atoms with Crippen molar-refractivity contribution in [2.75, 3.05) is 23.4 Å². The average molecular weight is 449 g/mol. The van der Waals surface area contributed by atoms with E-state index in [4.69, 9.17) is 16.3 Å². The maximum absolute atomic E-state index is 12.7. The quantitative estimate of drug-likeness (QED) is 0.575. The Bertz CT molecular complexity index is 1170. The number of sulfonamides is 1. The summed E-state index contributed by atoms with van der Waals surface area (Å²) in [7, 11) is -0.0257. The van der Waals surface area contributed by atoms with E-state index >= 15 is 0 Å². The first-order valence-corrected chi connectivity index (χ1v) is 11.1. The summed E-state index contributed by atoms with van der Waals surface area (Å²) in [5, 5.41) is 3.02. The highest BCUT2D eigenvalue weighted by atomic mass is 35.5. The Balaban J connectivity index is 1.81. The van der Waals surface area contributed by atoms with Crippen molar-refractivity contribution in [2.45, 2.75) is 6.61 Å². The summed E-state index contributed by atoms with van der Waals surface area (Å²) in [6.45, 7) is 0.476. The minimum atomic E-state index is -3.47. The van der Waals surface area contributed by atoms with Gasteiger partial charge in [0.15, 0.2) is 0 Å². The molecule has 0 aliphatic heterocycles. The van der Waals surface area contributed by atoms with E-state index in [-0.39, 0.29) is 16.6 Å². The second-order valence-electron chi connectivity index (χ2n) is 6.77. The number of aromatic nitrogens is 2. The molecule has 0 saturated heterocycles. The first-order valence-electron chi connectivity index (χ1n) is 8.85. The molecule has 8 nitrogen and oxygen atoms in total. The number of amides is 1. The van der Waals surface area contributed by atoms with Gasteiger partial charge in [-0.3, -0.25) is 14.5 Å². The molecule has 0 spiro atoms. The van der Waals surface area contributed by atoms with Gasteiger partial charge >= 0.3 is 0 Å². The predicted octanol–water partition coefficient (Wildman–Crippen LogP) is 3.51. The standard InChI is InChI=1S/C20H21ClN4O4S/c1-25-11-14(6-19(25)18-5-4-13(10-22-18)12-29-2)20(26)23-16-7-15(21)8-17(9-16)24-30(3,27)28/h4-11,24H,12H2,1-3H3,(H,23,26). The normalized spacial score (nSPS) is 11.3. The fraction of sp³-hybridized carbons (Fsp3) is 0.200. The number of hydrogen-bond acceptors (Lipinski definition) is 5. The summed E-state index contributed by atoms with van der Waals surface area (Å²) < 4.78 is 32.1. The molecule has 2 N–H and O–H groups in total. The largest absolute Gasteiger partial charge is 0.380 e. The van der Waals surface area contributed by atoms with Crippen LogP contribution in [0.25, 0.3) is 11.4 Å². The Labute approximate surface area is 179 Å². The van der Waals surface area contributed by atoms with Crippen molar-refractivity contribution in [1.82, 2.24) is 9.55 Å². The van der Waals surface area contributed by atoms with Gasteiger partial charge in [0, 0.05) is 37.3 Å². The number of methoxy groups -OCH3 is 1. The fourth-order valence-corrected chi connectivity index (χ4v) is 3.69. The first-order chi connectivity index (χ1) is 14.1. The number of benzene rings is 1. The zero-order valence-electron chi connectivity index (χ0n) is 16.6. The van der Waals surface area contributed by atoms with Crippen LogP contribution in [0, 0.1) is 0 Å². The molecule has 30 heavy (non-hydrogen) atoms. The molecule has 158 valence electrons. The van der Waals surface area contributed by atoms with Crippen molar-refractivity contribution in [1.29, 1.82) is 0 Å². The number of nitrogens with one attached hydrogen (secondary N) is 2. The van der Waals surface area contributed by atoms with E-state index in [0.29, 0.717) is 17.9 Å². The van der Waals surface area contributed by atoms with Crippen LogP contribution < -0.4 is 10.0 Å². The molecule has 3 aromatic rings. The number of halogens is 1. The Morgan fingerprint density at radius 3 is 2.57 bits per heavy atom. The van der Waals surface area contributed by atoms with Crippen molar-refractivity contribution in [3.8, 4) is 11.4 Å². The molecule has 2 aromatic heterocycles. The molecule has 0 saturated carbocycles. The summed E-state index contributed by atoms with van der Waals surface area (Å²) in [5.74, 6) is -0.361. The third-order valence-electron chi connectivity index (χ3n) is 4.12. The molecule has 0 unspecified atom stereocenters. The van der Waals surface area contributed by atoms with Gasteiger partial charge in [-0.15, -0.1) is 0 Å². The summed E-state index contributed by atoms with van der Waals surface area (Å²) in [6, 6.07) is 10.00. The van der Waals surface area contributed by atoms with E-state index in [1.54, 1.807) is 25.6 Å². The van der Waals surface area contributed by atoms with Crippen molar-refractivity contribution < 1.29 is 17.9 Å². The van der Waals surface area contributed by atoms with Gasteiger partial charge in [-0.2, -0.15) is 0 Å². The van der Waals surface area contributed by atoms with Gasteiger partial charge in [0.25, 0.3) is 5.91 Å². The fourth-order valence-electron chi connectivity index (χ4n) is 2.91. The van der Waals surface area contributed by atoms with Gasteiger partial charge < -0.3 is 14.6 Å². The minimum Gasteiger partial charge on any atom is -0.380 e. The van der Waals surface area contributed by atoms with E-state index in [1.165, 1.54) is 18.2 Å². The number of ether oxygens (including phenoxy) is 1. The van der Waals surface area contributed by atoms with Crippen LogP contribution >= 0.6 is 11.6 Å². The molecule has 0 bridgehead atoms. The molecule has 0 atom stereocenters. The van der Waals surface area contributed by atoms with E-state index in [0.717, 1.165) is 23.2 Å². The maximum atomic E-state index is 12.7.